The molecule has 3 heteroatoms. The first-order valence-corrected chi connectivity index (χ1v) is 6.12. The number of fused-ring (bicyclic) bond motifs is 1. The lowest BCUT2D eigenvalue weighted by molar-refractivity contribution is 0.417. The highest BCUT2D eigenvalue weighted by atomic mass is 16.5. The number of para-hydroxylation sites is 2. The number of hydrogen-bond acceptors (Lipinski definition) is 3. The highest BCUT2D eigenvalue weighted by Crippen LogP contribution is 2.29. The van der Waals surface area contributed by atoms with E-state index in [2.05, 4.69) is 22.4 Å². The van der Waals surface area contributed by atoms with Gasteiger partial charge in [-0.05, 0) is 23.6 Å². The number of methoxy groups -OCH3 is 1. The van der Waals surface area contributed by atoms with Crippen LogP contribution in [0.4, 0.5) is 11.5 Å². The van der Waals surface area contributed by atoms with E-state index in [1.165, 1.54) is 0 Å². The van der Waals surface area contributed by atoms with Gasteiger partial charge in [-0.3, -0.25) is 0 Å². The molecule has 0 aliphatic heterocycles. The fraction of sp³-hybridized carbons (Fsp3) is 0.0625. The molecular formula is C16H14N2O. The molecule has 0 fully saturated rings. The third-order valence-corrected chi connectivity index (χ3v) is 3.03. The molecular weight excluding hydrogens is 236 g/mol. The minimum Gasteiger partial charge on any atom is -0.495 e. The van der Waals surface area contributed by atoms with E-state index < -0.39 is 0 Å². The van der Waals surface area contributed by atoms with Gasteiger partial charge >= 0.3 is 0 Å². The lowest BCUT2D eigenvalue weighted by Gasteiger charge is -2.11. The summed E-state index contributed by atoms with van der Waals surface area (Å²) in [5, 5.41) is 5.59. The van der Waals surface area contributed by atoms with Crippen LogP contribution in [0.1, 0.15) is 0 Å². The quantitative estimate of drug-likeness (QED) is 0.763. The van der Waals surface area contributed by atoms with Gasteiger partial charge in [0.25, 0.3) is 0 Å². The molecule has 0 bridgehead atoms. The topological polar surface area (TPSA) is 34.1 Å². The van der Waals surface area contributed by atoms with E-state index in [-0.39, 0.29) is 0 Å². The van der Waals surface area contributed by atoms with Crippen LogP contribution in [0, 0.1) is 0 Å². The summed E-state index contributed by atoms with van der Waals surface area (Å²) in [6, 6.07) is 18.0. The maximum atomic E-state index is 5.34. The predicted molar refractivity (Wildman–Crippen MR) is 78.0 cm³/mol. The maximum Gasteiger partial charge on any atom is 0.142 e. The van der Waals surface area contributed by atoms with Crippen LogP contribution in [-0.2, 0) is 0 Å². The Kier molecular flexibility index (Phi) is 3.02. The Morgan fingerprint density at radius 1 is 0.947 bits per heavy atom. The molecule has 0 radical (unpaired) electrons. The molecule has 3 nitrogen and oxygen atoms in total. The van der Waals surface area contributed by atoms with Crippen LogP contribution < -0.4 is 10.1 Å². The van der Waals surface area contributed by atoms with Crippen molar-refractivity contribution in [3.05, 3.63) is 60.8 Å². The molecule has 3 rings (SSSR count). The average molecular weight is 250 g/mol. The number of aromatic nitrogens is 1. The molecule has 1 heterocycles. The number of pyridine rings is 1. The van der Waals surface area contributed by atoms with Gasteiger partial charge in [0.1, 0.15) is 11.6 Å². The van der Waals surface area contributed by atoms with Gasteiger partial charge in [0.15, 0.2) is 0 Å². The molecule has 0 atom stereocenters. The number of hydrogen-bond donors (Lipinski definition) is 1. The molecule has 2 aromatic carbocycles. The summed E-state index contributed by atoms with van der Waals surface area (Å²) >= 11 is 0. The first-order valence-electron chi connectivity index (χ1n) is 6.12. The first kappa shape index (κ1) is 11.5. The third-order valence-electron chi connectivity index (χ3n) is 3.03. The van der Waals surface area contributed by atoms with Crippen molar-refractivity contribution in [3.8, 4) is 5.75 Å². The van der Waals surface area contributed by atoms with Gasteiger partial charge in [0, 0.05) is 11.6 Å². The fourth-order valence-electron chi connectivity index (χ4n) is 2.09. The molecule has 0 spiro atoms. The monoisotopic (exact) mass is 250 g/mol. The predicted octanol–water partition coefficient (Wildman–Crippen LogP) is 3.99. The van der Waals surface area contributed by atoms with Crippen LogP contribution in [0.3, 0.4) is 0 Å². The molecule has 0 saturated carbocycles. The Morgan fingerprint density at radius 2 is 1.74 bits per heavy atom. The molecule has 0 saturated heterocycles. The van der Waals surface area contributed by atoms with E-state index in [0.29, 0.717) is 0 Å². The summed E-state index contributed by atoms with van der Waals surface area (Å²) in [6.07, 6.45) is 1.81. The van der Waals surface area contributed by atoms with Crippen molar-refractivity contribution < 1.29 is 4.74 Å². The van der Waals surface area contributed by atoms with Crippen molar-refractivity contribution in [2.45, 2.75) is 0 Å². The zero-order valence-corrected chi connectivity index (χ0v) is 10.6. The summed E-state index contributed by atoms with van der Waals surface area (Å²) in [6.45, 7) is 0. The maximum absolute atomic E-state index is 5.34. The average Bonchev–Trinajstić information content (AvgIpc) is 2.48. The standard InChI is InChI=1S/C16H14N2O/c1-19-15-9-5-4-8-14(15)18-16-13-7-3-2-6-12(13)10-11-17-16/h2-11H,1H3,(H,17,18). The molecule has 0 aliphatic rings. The molecule has 0 aliphatic carbocycles. The Labute approximate surface area is 111 Å². The molecule has 1 N–H and O–H groups in total. The zero-order chi connectivity index (χ0) is 13.1. The SMILES string of the molecule is COc1ccccc1Nc1nccc2ccccc12. The van der Waals surface area contributed by atoms with E-state index in [9.17, 15) is 0 Å². The minimum absolute atomic E-state index is 0.803. The van der Waals surface area contributed by atoms with Gasteiger partial charge in [0.2, 0.25) is 0 Å². The number of anilines is 2. The van der Waals surface area contributed by atoms with E-state index in [1.54, 1.807) is 13.3 Å². The van der Waals surface area contributed by atoms with Crippen LogP contribution >= 0.6 is 0 Å². The fourth-order valence-corrected chi connectivity index (χ4v) is 2.09. The summed E-state index contributed by atoms with van der Waals surface area (Å²) in [7, 11) is 1.66. The summed E-state index contributed by atoms with van der Waals surface area (Å²) in [5.41, 5.74) is 0.911. The molecule has 94 valence electrons. The van der Waals surface area contributed by atoms with Crippen molar-refractivity contribution in [2.75, 3.05) is 12.4 Å². The summed E-state index contributed by atoms with van der Waals surface area (Å²) in [4.78, 5) is 4.41. The Balaban J connectivity index is 2.06. The van der Waals surface area contributed by atoms with Crippen molar-refractivity contribution in [2.24, 2.45) is 0 Å². The van der Waals surface area contributed by atoms with Crippen molar-refractivity contribution >= 4 is 22.3 Å². The molecule has 0 unspecified atom stereocenters. The highest BCUT2D eigenvalue weighted by Gasteiger charge is 2.05. The normalized spacial score (nSPS) is 10.4. The summed E-state index contributed by atoms with van der Waals surface area (Å²) < 4.78 is 5.34. The molecule has 0 amide bonds. The smallest absolute Gasteiger partial charge is 0.142 e. The molecule has 3 aromatic rings. The van der Waals surface area contributed by atoms with Gasteiger partial charge in [-0.15, -0.1) is 0 Å². The number of rotatable bonds is 3. The third kappa shape index (κ3) is 2.22. The van der Waals surface area contributed by atoms with Gasteiger partial charge in [-0.1, -0.05) is 36.4 Å². The number of nitrogens with one attached hydrogen (secondary N) is 1. The highest BCUT2D eigenvalue weighted by molar-refractivity contribution is 5.93. The van der Waals surface area contributed by atoms with Crippen LogP contribution in [-0.4, -0.2) is 12.1 Å². The lowest BCUT2D eigenvalue weighted by atomic mass is 10.1. The van der Waals surface area contributed by atoms with Gasteiger partial charge in [-0.2, -0.15) is 0 Å². The van der Waals surface area contributed by atoms with Crippen molar-refractivity contribution in [1.82, 2.24) is 4.98 Å². The largest absolute Gasteiger partial charge is 0.495 e. The van der Waals surface area contributed by atoms with E-state index in [1.807, 2.05) is 42.5 Å². The van der Waals surface area contributed by atoms with Gasteiger partial charge in [-0.25, -0.2) is 4.98 Å². The Morgan fingerprint density at radius 3 is 2.63 bits per heavy atom. The number of ether oxygens (including phenoxy) is 1. The van der Waals surface area contributed by atoms with Crippen molar-refractivity contribution in [3.63, 3.8) is 0 Å². The Bertz CT molecular complexity index is 704. The minimum atomic E-state index is 0.803. The van der Waals surface area contributed by atoms with Gasteiger partial charge < -0.3 is 10.1 Å². The van der Waals surface area contributed by atoms with Crippen molar-refractivity contribution in [1.29, 1.82) is 0 Å². The number of nitrogens with zero attached hydrogens (tertiary/aromatic N) is 1. The van der Waals surface area contributed by atoms with Crippen LogP contribution in [0.5, 0.6) is 5.75 Å². The molecule has 19 heavy (non-hydrogen) atoms. The Hall–Kier alpha value is -2.55. The number of benzene rings is 2. The van der Waals surface area contributed by atoms with Crippen LogP contribution in [0.25, 0.3) is 10.8 Å². The van der Waals surface area contributed by atoms with E-state index in [0.717, 1.165) is 28.0 Å². The first-order chi connectivity index (χ1) is 9.38. The van der Waals surface area contributed by atoms with Crippen LogP contribution in [0.2, 0.25) is 0 Å². The lowest BCUT2D eigenvalue weighted by Crippen LogP contribution is -1.97. The molecule has 1 aromatic heterocycles. The second kappa shape index (κ2) is 4.98. The summed E-state index contributed by atoms with van der Waals surface area (Å²) in [5.74, 6) is 1.64. The van der Waals surface area contributed by atoms with Crippen LogP contribution in [0.15, 0.2) is 60.8 Å². The van der Waals surface area contributed by atoms with E-state index >= 15 is 0 Å². The van der Waals surface area contributed by atoms with E-state index in [4.69, 9.17) is 4.74 Å². The second-order valence-corrected chi connectivity index (χ2v) is 4.21. The second-order valence-electron chi connectivity index (χ2n) is 4.21. The van der Waals surface area contributed by atoms with Gasteiger partial charge in [0.05, 0.1) is 12.8 Å². The zero-order valence-electron chi connectivity index (χ0n) is 10.6.